The van der Waals surface area contributed by atoms with Crippen LogP contribution in [0.15, 0.2) is 22.7 Å². The van der Waals surface area contributed by atoms with E-state index in [1.165, 1.54) is 0 Å². The van der Waals surface area contributed by atoms with Crippen LogP contribution in [-0.4, -0.2) is 51.2 Å². The van der Waals surface area contributed by atoms with Gasteiger partial charge in [-0.2, -0.15) is 0 Å². The Morgan fingerprint density at radius 2 is 2.21 bits per heavy atom. The lowest BCUT2D eigenvalue weighted by molar-refractivity contribution is 0.0947. The van der Waals surface area contributed by atoms with Crippen LogP contribution in [0.25, 0.3) is 0 Å². The van der Waals surface area contributed by atoms with E-state index in [0.717, 1.165) is 17.6 Å². The summed E-state index contributed by atoms with van der Waals surface area (Å²) in [6.07, 6.45) is 0. The van der Waals surface area contributed by atoms with E-state index in [2.05, 4.69) is 26.1 Å². The highest BCUT2D eigenvalue weighted by Crippen LogP contribution is 2.25. The molecular weight excluding hydrogens is 332 g/mol. The molecule has 106 valence electrons. The third kappa shape index (κ3) is 5.48. The Bertz CT molecular complexity index is 429. The molecule has 0 aliphatic heterocycles. The van der Waals surface area contributed by atoms with Crippen LogP contribution < -0.4 is 5.32 Å². The van der Waals surface area contributed by atoms with Crippen LogP contribution in [0.3, 0.4) is 0 Å². The maximum absolute atomic E-state index is 12.0. The lowest BCUT2D eigenvalue weighted by Gasteiger charge is -2.16. The smallest absolute Gasteiger partial charge is 0.252 e. The van der Waals surface area contributed by atoms with Gasteiger partial charge in [0, 0.05) is 31.2 Å². The number of nitrogens with one attached hydrogen (secondary N) is 1. The van der Waals surface area contributed by atoms with E-state index >= 15 is 0 Å². The fourth-order valence-electron chi connectivity index (χ4n) is 1.49. The van der Waals surface area contributed by atoms with Crippen molar-refractivity contribution in [2.75, 3.05) is 40.4 Å². The number of halogens is 2. The molecule has 0 spiro atoms. The van der Waals surface area contributed by atoms with Crippen molar-refractivity contribution in [2.24, 2.45) is 0 Å². The molecule has 1 aromatic rings. The zero-order valence-corrected chi connectivity index (χ0v) is 13.4. The maximum atomic E-state index is 12.0. The molecule has 0 bridgehead atoms. The number of likely N-dealkylation sites (N-methyl/N-ethyl adjacent to an activating group) is 1. The maximum Gasteiger partial charge on any atom is 0.252 e. The van der Waals surface area contributed by atoms with Crippen molar-refractivity contribution in [1.82, 2.24) is 10.2 Å². The third-order valence-electron chi connectivity index (χ3n) is 2.65. The van der Waals surface area contributed by atoms with Gasteiger partial charge < -0.3 is 15.0 Å². The van der Waals surface area contributed by atoms with E-state index in [1.54, 1.807) is 25.3 Å². The van der Waals surface area contributed by atoms with Gasteiger partial charge in [0.25, 0.3) is 5.91 Å². The molecule has 0 atom stereocenters. The number of nitrogens with zero attached hydrogens (tertiary/aromatic N) is 1. The van der Waals surface area contributed by atoms with Crippen molar-refractivity contribution < 1.29 is 9.53 Å². The highest BCUT2D eigenvalue weighted by Gasteiger charge is 2.11. The van der Waals surface area contributed by atoms with E-state index in [1.807, 2.05) is 7.05 Å². The van der Waals surface area contributed by atoms with Gasteiger partial charge in [0.05, 0.1) is 17.2 Å². The summed E-state index contributed by atoms with van der Waals surface area (Å²) in [6.45, 7) is 2.86. The lowest BCUT2D eigenvalue weighted by atomic mass is 10.2. The topological polar surface area (TPSA) is 41.6 Å². The van der Waals surface area contributed by atoms with Gasteiger partial charge in [-0.05, 0) is 35.1 Å². The Kier molecular flexibility index (Phi) is 7.38. The van der Waals surface area contributed by atoms with Crippen LogP contribution in [-0.2, 0) is 4.74 Å². The fraction of sp³-hybridized carbons (Fsp3) is 0.462. The Labute approximate surface area is 127 Å². The summed E-state index contributed by atoms with van der Waals surface area (Å²) >= 11 is 9.36. The minimum atomic E-state index is -0.161. The molecule has 0 aromatic heterocycles. The first-order chi connectivity index (χ1) is 9.06. The zero-order valence-electron chi connectivity index (χ0n) is 11.1. The molecular formula is C13H18BrClN2O2. The number of rotatable bonds is 7. The molecule has 0 saturated heterocycles. The fourth-order valence-corrected chi connectivity index (χ4v) is 2.07. The molecule has 0 aliphatic carbocycles. The second-order valence-corrected chi connectivity index (χ2v) is 5.39. The number of carbonyl (C=O) groups excluding carboxylic acids is 1. The largest absolute Gasteiger partial charge is 0.383 e. The summed E-state index contributed by atoms with van der Waals surface area (Å²) < 4.78 is 5.71. The predicted octanol–water partition coefficient (Wildman–Crippen LogP) is 2.41. The zero-order chi connectivity index (χ0) is 14.3. The lowest BCUT2D eigenvalue weighted by Crippen LogP contribution is -2.34. The monoisotopic (exact) mass is 348 g/mol. The summed E-state index contributed by atoms with van der Waals surface area (Å²) in [6, 6.07) is 5.30. The van der Waals surface area contributed by atoms with Gasteiger partial charge in [-0.15, -0.1) is 0 Å². The molecule has 0 saturated carbocycles. The van der Waals surface area contributed by atoms with Crippen LogP contribution >= 0.6 is 27.5 Å². The first-order valence-corrected chi connectivity index (χ1v) is 7.13. The standard InChI is InChI=1S/C13H18BrClN2O2/c1-17(8-9-19-2)7-6-16-13(18)10-4-3-5-11(14)12(10)15/h3-5H,6-9H2,1-2H3,(H,16,18). The Hall–Kier alpha value is -0.620. The molecule has 0 fully saturated rings. The van der Waals surface area contributed by atoms with E-state index < -0.39 is 0 Å². The highest BCUT2D eigenvalue weighted by molar-refractivity contribution is 9.10. The summed E-state index contributed by atoms with van der Waals surface area (Å²) in [5.74, 6) is -0.161. The minimum Gasteiger partial charge on any atom is -0.383 e. The molecule has 0 heterocycles. The summed E-state index contributed by atoms with van der Waals surface area (Å²) in [5, 5.41) is 3.29. The van der Waals surface area contributed by atoms with Crippen LogP contribution in [0.4, 0.5) is 0 Å². The molecule has 6 heteroatoms. The molecule has 1 rings (SSSR count). The minimum absolute atomic E-state index is 0.161. The van der Waals surface area contributed by atoms with Crippen LogP contribution in [0.1, 0.15) is 10.4 Å². The van der Waals surface area contributed by atoms with Crippen molar-refractivity contribution in [1.29, 1.82) is 0 Å². The van der Waals surface area contributed by atoms with Gasteiger partial charge in [-0.25, -0.2) is 0 Å². The van der Waals surface area contributed by atoms with Gasteiger partial charge in [0.1, 0.15) is 0 Å². The summed E-state index contributed by atoms with van der Waals surface area (Å²) in [5.41, 5.74) is 0.482. The molecule has 1 amide bonds. The number of hydrogen-bond donors (Lipinski definition) is 1. The van der Waals surface area contributed by atoms with Crippen molar-refractivity contribution >= 4 is 33.4 Å². The van der Waals surface area contributed by atoms with Crippen molar-refractivity contribution in [2.45, 2.75) is 0 Å². The molecule has 4 nitrogen and oxygen atoms in total. The second kappa shape index (κ2) is 8.53. The average Bonchev–Trinajstić information content (AvgIpc) is 2.39. The van der Waals surface area contributed by atoms with Crippen molar-refractivity contribution in [3.63, 3.8) is 0 Å². The second-order valence-electron chi connectivity index (χ2n) is 4.15. The number of carbonyl (C=O) groups is 1. The number of methoxy groups -OCH3 is 1. The summed E-state index contributed by atoms with van der Waals surface area (Å²) in [7, 11) is 3.65. The van der Waals surface area contributed by atoms with Crippen LogP contribution in [0, 0.1) is 0 Å². The Morgan fingerprint density at radius 1 is 1.47 bits per heavy atom. The van der Waals surface area contributed by atoms with Gasteiger partial charge in [0.15, 0.2) is 0 Å². The van der Waals surface area contributed by atoms with Gasteiger partial charge >= 0.3 is 0 Å². The Balaban J connectivity index is 2.41. The molecule has 1 N–H and O–H groups in total. The molecule has 0 radical (unpaired) electrons. The van der Waals surface area contributed by atoms with Gasteiger partial charge in [-0.1, -0.05) is 17.7 Å². The average molecular weight is 350 g/mol. The first kappa shape index (κ1) is 16.4. The van der Waals surface area contributed by atoms with Gasteiger partial charge in [0.2, 0.25) is 0 Å². The molecule has 0 unspecified atom stereocenters. The van der Waals surface area contributed by atoms with E-state index in [-0.39, 0.29) is 5.91 Å². The first-order valence-electron chi connectivity index (χ1n) is 5.96. The molecule has 1 aromatic carbocycles. The Morgan fingerprint density at radius 3 is 2.89 bits per heavy atom. The van der Waals surface area contributed by atoms with E-state index in [0.29, 0.717) is 23.7 Å². The van der Waals surface area contributed by atoms with Crippen LogP contribution in [0.5, 0.6) is 0 Å². The normalized spacial score (nSPS) is 10.8. The highest BCUT2D eigenvalue weighted by atomic mass is 79.9. The third-order valence-corrected chi connectivity index (χ3v) is 3.95. The summed E-state index contributed by atoms with van der Waals surface area (Å²) in [4.78, 5) is 14.0. The quantitative estimate of drug-likeness (QED) is 0.822. The molecule has 19 heavy (non-hydrogen) atoms. The number of ether oxygens (including phenoxy) is 1. The van der Waals surface area contributed by atoms with E-state index in [9.17, 15) is 4.79 Å². The molecule has 0 aliphatic rings. The number of hydrogen-bond acceptors (Lipinski definition) is 3. The van der Waals surface area contributed by atoms with Crippen LogP contribution in [0.2, 0.25) is 5.02 Å². The van der Waals surface area contributed by atoms with Crippen molar-refractivity contribution in [3.05, 3.63) is 33.3 Å². The van der Waals surface area contributed by atoms with Gasteiger partial charge in [-0.3, -0.25) is 4.79 Å². The number of benzene rings is 1. The van der Waals surface area contributed by atoms with Crippen molar-refractivity contribution in [3.8, 4) is 0 Å². The predicted molar refractivity (Wildman–Crippen MR) is 80.9 cm³/mol. The van der Waals surface area contributed by atoms with E-state index in [4.69, 9.17) is 16.3 Å². The SMILES string of the molecule is COCCN(C)CCNC(=O)c1cccc(Br)c1Cl. The number of amides is 1.